The van der Waals surface area contributed by atoms with E-state index in [1.54, 1.807) is 24.3 Å². The van der Waals surface area contributed by atoms with E-state index < -0.39 is 49.3 Å². The molecule has 32 heavy (non-hydrogen) atoms. The monoisotopic (exact) mass is 497 g/mol. The fourth-order valence-electron chi connectivity index (χ4n) is 3.26. The Morgan fingerprint density at radius 2 is 2.09 bits per heavy atom. The van der Waals surface area contributed by atoms with Crippen LogP contribution in [0, 0.1) is 0 Å². The molecule has 0 aliphatic carbocycles. The largest absolute Gasteiger partial charge is 0.424 e. The van der Waals surface area contributed by atoms with Gasteiger partial charge < -0.3 is 20.1 Å². The lowest BCUT2D eigenvalue weighted by Crippen LogP contribution is -2.54. The van der Waals surface area contributed by atoms with Gasteiger partial charge in [-0.25, -0.2) is 13.6 Å². The fraction of sp³-hybridized carbons (Fsp3) is 0.412. The highest BCUT2D eigenvalue weighted by Crippen LogP contribution is 2.57. The second kappa shape index (κ2) is 8.04. The standard InChI is InChI=1S/C17H16F4N3O6PS/c18-13(19)16(8-28-31(32)27-7-9-3-1-2-4-10(9)30-31)12(25)17(20,21)14(29-16)24-6-5-11(22)23-15(24)26/h1-6,12-14,25H,7-8H2,(H2,22,23,26). The molecule has 0 radical (unpaired) electrons. The van der Waals surface area contributed by atoms with E-state index in [9.17, 15) is 27.5 Å². The average molecular weight is 497 g/mol. The van der Waals surface area contributed by atoms with E-state index in [0.717, 1.165) is 12.3 Å². The summed E-state index contributed by atoms with van der Waals surface area (Å²) >= 11 is 5.15. The van der Waals surface area contributed by atoms with Crippen LogP contribution in [0.25, 0.3) is 0 Å². The normalized spacial score (nSPS) is 31.3. The summed E-state index contributed by atoms with van der Waals surface area (Å²) in [6.07, 6.45) is -8.54. The number of alkyl halides is 4. The molecule has 0 spiro atoms. The number of benzene rings is 1. The Labute approximate surface area is 182 Å². The highest BCUT2D eigenvalue weighted by Gasteiger charge is 2.71. The third kappa shape index (κ3) is 3.80. The highest BCUT2D eigenvalue weighted by molar-refractivity contribution is 8.07. The van der Waals surface area contributed by atoms with Crippen molar-refractivity contribution in [3.8, 4) is 5.75 Å². The molecule has 2 aliphatic heterocycles. The number of aliphatic hydroxyl groups is 1. The first-order valence-electron chi connectivity index (χ1n) is 9.02. The summed E-state index contributed by atoms with van der Waals surface area (Å²) in [4.78, 5) is 15.3. The number of aliphatic hydroxyl groups excluding tert-OH is 1. The maximum Gasteiger partial charge on any atom is 0.381 e. The van der Waals surface area contributed by atoms with Gasteiger partial charge in [0.25, 0.3) is 6.43 Å². The minimum Gasteiger partial charge on any atom is -0.424 e. The molecule has 1 aromatic heterocycles. The van der Waals surface area contributed by atoms with Crippen molar-refractivity contribution in [3.05, 3.63) is 52.6 Å². The van der Waals surface area contributed by atoms with Crippen LogP contribution in [0.1, 0.15) is 11.8 Å². The van der Waals surface area contributed by atoms with Gasteiger partial charge in [-0.3, -0.25) is 13.6 Å². The molecule has 2 aliphatic rings. The lowest BCUT2D eigenvalue weighted by atomic mass is 9.96. The Morgan fingerprint density at radius 3 is 2.78 bits per heavy atom. The Balaban J connectivity index is 1.62. The van der Waals surface area contributed by atoms with Crippen LogP contribution < -0.4 is 15.9 Å². The fourth-order valence-corrected chi connectivity index (χ4v) is 5.07. The summed E-state index contributed by atoms with van der Waals surface area (Å²) in [5, 5.41) is 10.2. The Hall–Kier alpha value is -2.09. The van der Waals surface area contributed by atoms with Gasteiger partial charge in [0.1, 0.15) is 11.6 Å². The summed E-state index contributed by atoms with van der Waals surface area (Å²) in [7, 11) is 0. The van der Waals surface area contributed by atoms with Crippen molar-refractivity contribution < 1.29 is 41.0 Å². The van der Waals surface area contributed by atoms with Crippen molar-refractivity contribution in [3.63, 3.8) is 0 Å². The van der Waals surface area contributed by atoms with E-state index in [4.69, 9.17) is 35.8 Å². The quantitative estimate of drug-likeness (QED) is 0.474. The molecule has 3 heterocycles. The molecule has 3 N–H and O–H groups in total. The van der Waals surface area contributed by atoms with Gasteiger partial charge in [-0.15, -0.1) is 0 Å². The zero-order valence-electron chi connectivity index (χ0n) is 15.9. The molecule has 4 unspecified atom stereocenters. The molecule has 0 amide bonds. The van der Waals surface area contributed by atoms with Gasteiger partial charge in [0.15, 0.2) is 11.7 Å². The van der Waals surface area contributed by atoms with Crippen LogP contribution in [-0.4, -0.2) is 45.3 Å². The summed E-state index contributed by atoms with van der Waals surface area (Å²) in [6, 6.07) is 7.58. The number of halogens is 4. The van der Waals surface area contributed by atoms with Gasteiger partial charge >= 0.3 is 18.3 Å². The Bertz CT molecular complexity index is 1140. The minimum atomic E-state index is -4.32. The third-order valence-corrected chi connectivity index (χ3v) is 7.14. The molecule has 4 rings (SSSR count). The van der Waals surface area contributed by atoms with E-state index in [1.165, 1.54) is 0 Å². The number of ether oxygens (including phenoxy) is 1. The SMILES string of the molecule is Nc1ccn(C2OC(COP3(=S)OCc4ccccc4O3)(C(F)F)C(O)C2(F)F)c(=O)n1. The average Bonchev–Trinajstić information content (AvgIpc) is 2.94. The molecule has 9 nitrogen and oxygen atoms in total. The van der Waals surface area contributed by atoms with Gasteiger partial charge in [-0.05, 0) is 12.1 Å². The maximum absolute atomic E-state index is 14.8. The van der Waals surface area contributed by atoms with Crippen LogP contribution in [-0.2, 0) is 32.2 Å². The van der Waals surface area contributed by atoms with E-state index in [-0.39, 0.29) is 17.0 Å². The summed E-state index contributed by atoms with van der Waals surface area (Å²) in [5.74, 6) is -4.31. The predicted molar refractivity (Wildman–Crippen MR) is 105 cm³/mol. The summed E-state index contributed by atoms with van der Waals surface area (Å²) < 4.78 is 78.9. The van der Waals surface area contributed by atoms with Gasteiger partial charge in [0, 0.05) is 23.6 Å². The van der Waals surface area contributed by atoms with Gasteiger partial charge in [-0.2, -0.15) is 13.8 Å². The number of rotatable bonds is 5. The van der Waals surface area contributed by atoms with Crippen molar-refractivity contribution in [2.45, 2.75) is 36.9 Å². The van der Waals surface area contributed by atoms with Gasteiger partial charge in [0.05, 0.1) is 13.2 Å². The molecule has 1 fully saturated rings. The topological polar surface area (TPSA) is 118 Å². The first-order chi connectivity index (χ1) is 15.0. The second-order valence-corrected chi connectivity index (χ2v) is 9.97. The van der Waals surface area contributed by atoms with Crippen molar-refractivity contribution in [2.24, 2.45) is 0 Å². The van der Waals surface area contributed by atoms with Gasteiger partial charge in [-0.1, -0.05) is 18.2 Å². The second-order valence-electron chi connectivity index (χ2n) is 7.04. The first kappa shape index (κ1) is 23.1. The maximum atomic E-state index is 14.8. The number of fused-ring (bicyclic) bond motifs is 1. The van der Waals surface area contributed by atoms with Crippen LogP contribution in [0.4, 0.5) is 23.4 Å². The zero-order valence-corrected chi connectivity index (χ0v) is 17.6. The van der Waals surface area contributed by atoms with E-state index in [0.29, 0.717) is 11.3 Å². The number of nitrogens with zero attached hydrogens (tertiary/aromatic N) is 2. The molecular formula is C17H16F4N3O6PS. The van der Waals surface area contributed by atoms with Gasteiger partial charge in [0.2, 0.25) is 6.23 Å². The number of para-hydroxylation sites is 1. The number of nitrogens with two attached hydrogens (primary N) is 1. The molecule has 174 valence electrons. The van der Waals surface area contributed by atoms with Crippen LogP contribution in [0.3, 0.4) is 0 Å². The molecule has 1 saturated heterocycles. The van der Waals surface area contributed by atoms with Crippen molar-refractivity contribution in [1.82, 2.24) is 9.55 Å². The first-order valence-corrected chi connectivity index (χ1v) is 11.6. The number of hydrogen-bond acceptors (Lipinski definition) is 9. The van der Waals surface area contributed by atoms with Crippen molar-refractivity contribution in [1.29, 1.82) is 0 Å². The van der Waals surface area contributed by atoms with Crippen molar-refractivity contribution in [2.75, 3.05) is 12.3 Å². The van der Waals surface area contributed by atoms with Crippen LogP contribution in [0.5, 0.6) is 5.75 Å². The highest BCUT2D eigenvalue weighted by atomic mass is 32.5. The van der Waals surface area contributed by atoms with Crippen LogP contribution in [0.2, 0.25) is 0 Å². The summed E-state index contributed by atoms with van der Waals surface area (Å²) in [6.45, 7) is -5.04. The molecular weight excluding hydrogens is 481 g/mol. The molecule has 2 aromatic rings. The third-order valence-electron chi connectivity index (χ3n) is 4.97. The summed E-state index contributed by atoms with van der Waals surface area (Å²) in [5.41, 5.74) is 1.42. The number of aromatic nitrogens is 2. The molecule has 0 saturated carbocycles. The number of hydrogen-bond donors (Lipinski definition) is 2. The predicted octanol–water partition coefficient (Wildman–Crippen LogP) is 2.20. The Morgan fingerprint density at radius 1 is 1.38 bits per heavy atom. The lowest BCUT2D eigenvalue weighted by molar-refractivity contribution is -0.193. The molecule has 4 atom stereocenters. The van der Waals surface area contributed by atoms with Crippen molar-refractivity contribution >= 4 is 24.3 Å². The lowest BCUT2D eigenvalue weighted by Gasteiger charge is -2.34. The molecule has 15 heteroatoms. The Kier molecular flexibility index (Phi) is 5.80. The smallest absolute Gasteiger partial charge is 0.381 e. The number of anilines is 1. The number of nitrogen functional groups attached to an aromatic ring is 1. The van der Waals surface area contributed by atoms with E-state index >= 15 is 0 Å². The van der Waals surface area contributed by atoms with E-state index in [1.807, 2.05) is 0 Å². The molecule has 0 bridgehead atoms. The van der Waals surface area contributed by atoms with E-state index in [2.05, 4.69) is 4.98 Å². The van der Waals surface area contributed by atoms with Crippen LogP contribution in [0.15, 0.2) is 41.3 Å². The van der Waals surface area contributed by atoms with Crippen LogP contribution >= 0.6 is 6.72 Å². The minimum absolute atomic E-state index is 0.0518. The zero-order chi connectivity index (χ0) is 23.3. The molecule has 1 aromatic carbocycles.